The summed E-state index contributed by atoms with van der Waals surface area (Å²) in [4.78, 5) is 11.7. The lowest BCUT2D eigenvalue weighted by Crippen LogP contribution is -2.37. The van der Waals surface area contributed by atoms with Gasteiger partial charge in [-0.25, -0.2) is 8.78 Å². The zero-order valence-corrected chi connectivity index (χ0v) is 12.4. The van der Waals surface area contributed by atoms with Crippen LogP contribution in [0.4, 0.5) is 8.78 Å². The van der Waals surface area contributed by atoms with Crippen LogP contribution in [-0.4, -0.2) is 25.1 Å². The van der Waals surface area contributed by atoms with Gasteiger partial charge in [-0.3, -0.25) is 4.79 Å². The van der Waals surface area contributed by atoms with E-state index in [0.717, 1.165) is 12.8 Å². The molecule has 0 bridgehead atoms. The van der Waals surface area contributed by atoms with E-state index in [1.165, 1.54) is 19.1 Å². The first-order chi connectivity index (χ1) is 9.99. The molecule has 0 saturated carbocycles. The van der Waals surface area contributed by atoms with E-state index in [2.05, 4.69) is 5.32 Å². The van der Waals surface area contributed by atoms with Crippen LogP contribution in [0.15, 0.2) is 12.1 Å². The van der Waals surface area contributed by atoms with Crippen LogP contribution in [0.3, 0.4) is 0 Å². The van der Waals surface area contributed by atoms with Crippen LogP contribution in [0.1, 0.15) is 32.3 Å². The molecule has 1 aromatic rings. The van der Waals surface area contributed by atoms with Gasteiger partial charge in [0, 0.05) is 6.54 Å². The summed E-state index contributed by atoms with van der Waals surface area (Å²) >= 11 is 0. The Hall–Kier alpha value is -1.69. The van der Waals surface area contributed by atoms with Crippen LogP contribution in [0.25, 0.3) is 0 Å². The van der Waals surface area contributed by atoms with E-state index in [4.69, 9.17) is 10.5 Å². The molecule has 0 heterocycles. The van der Waals surface area contributed by atoms with Gasteiger partial charge in [-0.2, -0.15) is 0 Å². The topological polar surface area (TPSA) is 64.3 Å². The van der Waals surface area contributed by atoms with Crippen molar-refractivity contribution in [2.24, 2.45) is 5.73 Å². The van der Waals surface area contributed by atoms with Crippen molar-refractivity contribution in [2.75, 3.05) is 13.1 Å². The number of hydrogen-bond acceptors (Lipinski definition) is 3. The standard InChI is InChI=1S/C15H22F2N2O2/c1-3-4-7-19-15(20)10(2)21-14-12(16)8-11(5-6-18)9-13(14)17/h8-10H,3-7,18H2,1-2H3,(H,19,20). The van der Waals surface area contributed by atoms with Gasteiger partial charge in [-0.1, -0.05) is 13.3 Å². The summed E-state index contributed by atoms with van der Waals surface area (Å²) < 4.78 is 32.8. The van der Waals surface area contributed by atoms with Crippen LogP contribution in [-0.2, 0) is 11.2 Å². The molecule has 0 spiro atoms. The molecule has 1 aromatic carbocycles. The molecule has 0 aromatic heterocycles. The molecular weight excluding hydrogens is 278 g/mol. The molecule has 1 rings (SSSR count). The quantitative estimate of drug-likeness (QED) is 0.723. The molecule has 4 nitrogen and oxygen atoms in total. The van der Waals surface area contributed by atoms with Gasteiger partial charge in [0.25, 0.3) is 5.91 Å². The molecule has 0 aliphatic heterocycles. The molecule has 6 heteroatoms. The number of nitrogens with two attached hydrogens (primary N) is 1. The van der Waals surface area contributed by atoms with Crippen molar-refractivity contribution in [2.45, 2.75) is 39.2 Å². The predicted molar refractivity (Wildman–Crippen MR) is 77.1 cm³/mol. The van der Waals surface area contributed by atoms with E-state index < -0.39 is 29.4 Å². The normalized spacial score (nSPS) is 12.0. The fourth-order valence-electron chi connectivity index (χ4n) is 1.80. The van der Waals surface area contributed by atoms with Gasteiger partial charge in [0.2, 0.25) is 0 Å². The fraction of sp³-hybridized carbons (Fsp3) is 0.533. The molecule has 0 fully saturated rings. The molecule has 1 atom stereocenters. The van der Waals surface area contributed by atoms with Gasteiger partial charge in [0.1, 0.15) is 0 Å². The third-order valence-corrected chi connectivity index (χ3v) is 2.98. The number of ether oxygens (including phenoxy) is 1. The summed E-state index contributed by atoms with van der Waals surface area (Å²) in [6.07, 6.45) is 1.20. The lowest BCUT2D eigenvalue weighted by molar-refractivity contribution is -0.127. The molecule has 0 aliphatic carbocycles. The lowest BCUT2D eigenvalue weighted by atomic mass is 10.1. The number of halogens is 2. The highest BCUT2D eigenvalue weighted by Crippen LogP contribution is 2.24. The Morgan fingerprint density at radius 2 is 2.00 bits per heavy atom. The Morgan fingerprint density at radius 1 is 1.38 bits per heavy atom. The van der Waals surface area contributed by atoms with Crippen molar-refractivity contribution in [1.82, 2.24) is 5.32 Å². The van der Waals surface area contributed by atoms with Crippen LogP contribution in [0, 0.1) is 11.6 Å². The van der Waals surface area contributed by atoms with Crippen LogP contribution in [0.2, 0.25) is 0 Å². The second-order valence-corrected chi connectivity index (χ2v) is 4.83. The third-order valence-electron chi connectivity index (χ3n) is 2.98. The van der Waals surface area contributed by atoms with E-state index in [-0.39, 0.29) is 0 Å². The molecule has 0 saturated heterocycles. The summed E-state index contributed by atoms with van der Waals surface area (Å²) in [7, 11) is 0. The number of benzene rings is 1. The molecular formula is C15H22F2N2O2. The third kappa shape index (κ3) is 5.30. The Bertz CT molecular complexity index is 458. The van der Waals surface area contributed by atoms with Crippen LogP contribution in [0.5, 0.6) is 5.75 Å². The first-order valence-electron chi connectivity index (χ1n) is 7.12. The lowest BCUT2D eigenvalue weighted by Gasteiger charge is -2.16. The SMILES string of the molecule is CCCCNC(=O)C(C)Oc1c(F)cc(CCN)cc1F. The van der Waals surface area contributed by atoms with Crippen molar-refractivity contribution >= 4 is 5.91 Å². The maximum Gasteiger partial charge on any atom is 0.260 e. The maximum absolute atomic E-state index is 13.8. The monoisotopic (exact) mass is 300 g/mol. The minimum absolute atomic E-state index is 0.301. The molecule has 1 amide bonds. The fourth-order valence-corrected chi connectivity index (χ4v) is 1.80. The van der Waals surface area contributed by atoms with E-state index in [0.29, 0.717) is 25.1 Å². The highest BCUT2D eigenvalue weighted by Gasteiger charge is 2.19. The van der Waals surface area contributed by atoms with Crippen molar-refractivity contribution in [3.05, 3.63) is 29.3 Å². The van der Waals surface area contributed by atoms with Crippen LogP contribution < -0.4 is 15.8 Å². The average Bonchev–Trinajstić information content (AvgIpc) is 2.43. The maximum atomic E-state index is 13.8. The molecule has 0 aliphatic rings. The largest absolute Gasteiger partial charge is 0.475 e. The molecule has 1 unspecified atom stereocenters. The van der Waals surface area contributed by atoms with Crippen molar-refractivity contribution < 1.29 is 18.3 Å². The van der Waals surface area contributed by atoms with Crippen molar-refractivity contribution in [3.63, 3.8) is 0 Å². The minimum Gasteiger partial charge on any atom is -0.475 e. The number of unbranched alkanes of at least 4 members (excludes halogenated alkanes) is 1. The average molecular weight is 300 g/mol. The number of hydrogen-bond donors (Lipinski definition) is 2. The summed E-state index contributed by atoms with van der Waals surface area (Å²) in [5.74, 6) is -2.58. The number of carbonyl (C=O) groups excluding carboxylic acids is 1. The van der Waals surface area contributed by atoms with E-state index in [1.807, 2.05) is 6.92 Å². The summed E-state index contributed by atoms with van der Waals surface area (Å²) in [6, 6.07) is 2.35. The minimum atomic E-state index is -0.966. The smallest absolute Gasteiger partial charge is 0.260 e. The van der Waals surface area contributed by atoms with Gasteiger partial charge in [0.15, 0.2) is 23.5 Å². The van der Waals surface area contributed by atoms with Gasteiger partial charge in [-0.15, -0.1) is 0 Å². The zero-order chi connectivity index (χ0) is 15.8. The van der Waals surface area contributed by atoms with Crippen molar-refractivity contribution in [3.8, 4) is 5.75 Å². The van der Waals surface area contributed by atoms with Gasteiger partial charge < -0.3 is 15.8 Å². The Kier molecular flexibility index (Phi) is 7.08. The highest BCUT2D eigenvalue weighted by molar-refractivity contribution is 5.80. The molecule has 3 N–H and O–H groups in total. The number of carbonyl (C=O) groups is 1. The van der Waals surface area contributed by atoms with E-state index in [9.17, 15) is 13.6 Å². The van der Waals surface area contributed by atoms with Gasteiger partial charge >= 0.3 is 0 Å². The van der Waals surface area contributed by atoms with E-state index in [1.54, 1.807) is 0 Å². The van der Waals surface area contributed by atoms with E-state index >= 15 is 0 Å². The van der Waals surface area contributed by atoms with Crippen LogP contribution >= 0.6 is 0 Å². The van der Waals surface area contributed by atoms with Gasteiger partial charge in [0.05, 0.1) is 0 Å². The first kappa shape index (κ1) is 17.4. The second-order valence-electron chi connectivity index (χ2n) is 4.83. The Balaban J connectivity index is 2.71. The number of nitrogens with one attached hydrogen (secondary N) is 1. The molecule has 118 valence electrons. The van der Waals surface area contributed by atoms with Gasteiger partial charge in [-0.05, 0) is 44.0 Å². The predicted octanol–water partition coefficient (Wildman–Crippen LogP) is 2.15. The summed E-state index contributed by atoms with van der Waals surface area (Å²) in [5.41, 5.74) is 5.81. The molecule has 0 radical (unpaired) electrons. The second kappa shape index (κ2) is 8.56. The highest BCUT2D eigenvalue weighted by atomic mass is 19.1. The Morgan fingerprint density at radius 3 is 2.52 bits per heavy atom. The molecule has 21 heavy (non-hydrogen) atoms. The summed E-state index contributed by atoms with van der Waals surface area (Å²) in [5, 5.41) is 2.65. The zero-order valence-electron chi connectivity index (χ0n) is 12.4. The summed E-state index contributed by atoms with van der Waals surface area (Å²) in [6.45, 7) is 4.27. The van der Waals surface area contributed by atoms with Crippen molar-refractivity contribution in [1.29, 1.82) is 0 Å². The number of amides is 1. The number of rotatable bonds is 8. The first-order valence-corrected chi connectivity index (χ1v) is 7.12. The Labute approximate surface area is 123 Å².